The summed E-state index contributed by atoms with van der Waals surface area (Å²) in [5.74, 6) is -0.614. The number of nitrogens with zero attached hydrogens (tertiary/aromatic N) is 2. The van der Waals surface area contributed by atoms with Gasteiger partial charge in [-0.2, -0.15) is 5.10 Å². The van der Waals surface area contributed by atoms with Gasteiger partial charge in [-0.15, -0.1) is 0 Å². The van der Waals surface area contributed by atoms with Crippen molar-refractivity contribution in [3.8, 4) is 0 Å². The van der Waals surface area contributed by atoms with Gasteiger partial charge in [-0.1, -0.05) is 11.6 Å². The number of halogens is 2. The molecule has 4 N–H and O–H groups in total. The van der Waals surface area contributed by atoms with E-state index in [2.05, 4.69) is 19.9 Å². The average molecular weight is 320 g/mol. The van der Waals surface area contributed by atoms with E-state index >= 15 is 0 Å². The zero-order chi connectivity index (χ0) is 14.8. The molecule has 0 amide bonds. The maximum Gasteiger partial charge on any atom is 0.243 e. The van der Waals surface area contributed by atoms with E-state index in [0.717, 1.165) is 6.07 Å². The lowest BCUT2D eigenvalue weighted by molar-refractivity contribution is 0.548. The Morgan fingerprint density at radius 1 is 1.45 bits per heavy atom. The zero-order valence-electron chi connectivity index (χ0n) is 10.1. The molecule has 0 aliphatic rings. The number of sulfonamides is 1. The minimum absolute atomic E-state index is 0.0255. The molecule has 2 aromatic rings. The van der Waals surface area contributed by atoms with E-state index in [1.165, 1.54) is 12.4 Å². The lowest BCUT2D eigenvalue weighted by Gasteiger charge is -2.09. The molecule has 1 aromatic heterocycles. The molecular weight excluding hydrogens is 309 g/mol. The van der Waals surface area contributed by atoms with Crippen LogP contribution in [-0.4, -0.2) is 23.6 Å². The normalized spacial score (nSPS) is 11.8. The highest BCUT2D eigenvalue weighted by atomic mass is 35.5. The number of hydrogen-bond donors (Lipinski definition) is 3. The van der Waals surface area contributed by atoms with Gasteiger partial charge in [0.15, 0.2) is 0 Å². The summed E-state index contributed by atoms with van der Waals surface area (Å²) in [6, 6.07) is 2.31. The molecule has 0 aliphatic heterocycles. The number of benzene rings is 1. The fourth-order valence-electron chi connectivity index (χ4n) is 1.52. The Bertz CT molecular complexity index is 705. The van der Waals surface area contributed by atoms with Crippen molar-refractivity contribution in [2.75, 3.05) is 0 Å². The molecule has 20 heavy (non-hydrogen) atoms. The van der Waals surface area contributed by atoms with Crippen LogP contribution in [0.3, 0.4) is 0 Å². The minimum atomic E-state index is -4.07. The molecule has 0 unspecified atom stereocenters. The quantitative estimate of drug-likeness (QED) is 0.744. The highest BCUT2D eigenvalue weighted by Gasteiger charge is 2.22. The number of aromatic amines is 1. The third kappa shape index (κ3) is 3.12. The Morgan fingerprint density at radius 2 is 2.20 bits per heavy atom. The van der Waals surface area contributed by atoms with E-state index in [1.807, 2.05) is 0 Å². The summed E-state index contributed by atoms with van der Waals surface area (Å²) in [6.45, 7) is -0.302. The van der Waals surface area contributed by atoms with Crippen molar-refractivity contribution >= 4 is 21.6 Å². The van der Waals surface area contributed by atoms with Crippen LogP contribution in [0.2, 0.25) is 5.02 Å². The molecule has 0 saturated heterocycles. The third-order valence-electron chi connectivity index (χ3n) is 2.48. The summed E-state index contributed by atoms with van der Waals surface area (Å²) in [5.41, 5.74) is 5.37. The van der Waals surface area contributed by atoms with Crippen molar-refractivity contribution in [1.29, 1.82) is 0 Å². The molecule has 0 aliphatic carbocycles. The first kappa shape index (κ1) is 14.9. The summed E-state index contributed by atoms with van der Waals surface area (Å²) in [7, 11) is -4.07. The molecule has 1 aromatic carbocycles. The smallest absolute Gasteiger partial charge is 0.243 e. The van der Waals surface area contributed by atoms with Crippen molar-refractivity contribution in [2.24, 2.45) is 5.73 Å². The summed E-state index contributed by atoms with van der Waals surface area (Å²) in [4.78, 5) is 3.20. The highest BCUT2D eigenvalue weighted by Crippen LogP contribution is 2.23. The zero-order valence-corrected chi connectivity index (χ0v) is 11.7. The van der Waals surface area contributed by atoms with Gasteiger partial charge in [0, 0.05) is 17.1 Å². The van der Waals surface area contributed by atoms with Crippen molar-refractivity contribution in [1.82, 2.24) is 19.9 Å². The number of nitrogens with two attached hydrogens (primary N) is 1. The summed E-state index contributed by atoms with van der Waals surface area (Å²) in [6.07, 6.45) is 1.23. The molecule has 108 valence electrons. The number of nitrogens with one attached hydrogen (secondary N) is 2. The molecule has 1 heterocycles. The standard InChI is InChI=1S/C10H11ClFN5O2S/c11-7-1-6(3-13)10(12)8(2-7)20(18,19)16-4-9-14-5-15-17-9/h1-2,5,16H,3-4,13H2,(H,14,15,17). The van der Waals surface area contributed by atoms with E-state index in [9.17, 15) is 12.8 Å². The topological polar surface area (TPSA) is 114 Å². The van der Waals surface area contributed by atoms with E-state index in [0.29, 0.717) is 5.82 Å². The second-order valence-corrected chi connectivity index (χ2v) is 6.01. The number of H-pyrrole nitrogens is 1. The second-order valence-electron chi connectivity index (χ2n) is 3.84. The molecule has 0 atom stereocenters. The highest BCUT2D eigenvalue weighted by molar-refractivity contribution is 7.89. The maximum atomic E-state index is 14.0. The third-order valence-corrected chi connectivity index (χ3v) is 4.10. The first-order chi connectivity index (χ1) is 9.44. The number of hydrogen-bond acceptors (Lipinski definition) is 5. The Balaban J connectivity index is 2.31. The molecular formula is C10H11ClFN5O2S. The Hall–Kier alpha value is -1.55. The molecule has 7 nitrogen and oxygen atoms in total. The van der Waals surface area contributed by atoms with Crippen LogP contribution < -0.4 is 10.5 Å². The lowest BCUT2D eigenvalue weighted by Crippen LogP contribution is -2.25. The van der Waals surface area contributed by atoms with Gasteiger partial charge in [-0.25, -0.2) is 22.5 Å². The molecule has 2 rings (SSSR count). The van der Waals surface area contributed by atoms with Gasteiger partial charge in [0.05, 0.1) is 6.54 Å². The van der Waals surface area contributed by atoms with Gasteiger partial charge >= 0.3 is 0 Å². The predicted molar refractivity (Wildman–Crippen MR) is 69.7 cm³/mol. The maximum absolute atomic E-state index is 14.0. The molecule has 0 fully saturated rings. The SMILES string of the molecule is NCc1cc(Cl)cc(S(=O)(=O)NCc2ncn[nH]2)c1F. The van der Waals surface area contributed by atoms with Gasteiger partial charge in [0.25, 0.3) is 0 Å². The van der Waals surface area contributed by atoms with Crippen LogP contribution in [0.15, 0.2) is 23.4 Å². The van der Waals surface area contributed by atoms with E-state index < -0.39 is 20.7 Å². The molecule has 0 bridgehead atoms. The van der Waals surface area contributed by atoms with Crippen LogP contribution in [0.25, 0.3) is 0 Å². The van der Waals surface area contributed by atoms with Gasteiger partial charge in [-0.3, -0.25) is 5.10 Å². The summed E-state index contributed by atoms with van der Waals surface area (Å²) in [5, 5.41) is 6.14. The van der Waals surface area contributed by atoms with Gasteiger partial charge in [0.1, 0.15) is 22.9 Å². The largest absolute Gasteiger partial charge is 0.326 e. The average Bonchev–Trinajstić information content (AvgIpc) is 2.92. The molecule has 10 heteroatoms. The van der Waals surface area contributed by atoms with Gasteiger partial charge < -0.3 is 5.73 Å². The fourth-order valence-corrected chi connectivity index (χ4v) is 2.96. The number of rotatable bonds is 5. The Kier molecular flexibility index (Phi) is 4.33. The van der Waals surface area contributed by atoms with Crippen LogP contribution in [0.4, 0.5) is 4.39 Å². The Morgan fingerprint density at radius 3 is 2.80 bits per heavy atom. The summed E-state index contributed by atoms with van der Waals surface area (Å²) < 4.78 is 40.3. The van der Waals surface area contributed by atoms with Crippen LogP contribution in [-0.2, 0) is 23.1 Å². The minimum Gasteiger partial charge on any atom is -0.326 e. The molecule has 0 spiro atoms. The first-order valence-electron chi connectivity index (χ1n) is 5.46. The van der Waals surface area contributed by atoms with Gasteiger partial charge in [-0.05, 0) is 12.1 Å². The molecule has 0 saturated carbocycles. The van der Waals surface area contributed by atoms with E-state index in [-0.39, 0.29) is 23.7 Å². The van der Waals surface area contributed by atoms with E-state index in [4.69, 9.17) is 17.3 Å². The first-order valence-corrected chi connectivity index (χ1v) is 7.32. The summed E-state index contributed by atoms with van der Waals surface area (Å²) >= 11 is 5.76. The second kappa shape index (κ2) is 5.83. The van der Waals surface area contributed by atoms with Gasteiger partial charge in [0.2, 0.25) is 10.0 Å². The fraction of sp³-hybridized carbons (Fsp3) is 0.200. The van der Waals surface area contributed by atoms with E-state index in [1.54, 1.807) is 0 Å². The van der Waals surface area contributed by atoms with Crippen LogP contribution in [0.5, 0.6) is 0 Å². The van der Waals surface area contributed by atoms with Crippen molar-refractivity contribution in [3.63, 3.8) is 0 Å². The monoisotopic (exact) mass is 319 g/mol. The lowest BCUT2D eigenvalue weighted by atomic mass is 10.2. The van der Waals surface area contributed by atoms with Crippen LogP contribution >= 0.6 is 11.6 Å². The molecule has 0 radical (unpaired) electrons. The van der Waals surface area contributed by atoms with Crippen molar-refractivity contribution in [3.05, 3.63) is 40.7 Å². The van der Waals surface area contributed by atoms with Crippen LogP contribution in [0.1, 0.15) is 11.4 Å². The number of aromatic nitrogens is 3. The van der Waals surface area contributed by atoms with Crippen LogP contribution in [0, 0.1) is 5.82 Å². The Labute approximate surface area is 119 Å². The predicted octanol–water partition coefficient (Wildman–Crippen LogP) is 0.534. The van der Waals surface area contributed by atoms with Crippen molar-refractivity contribution < 1.29 is 12.8 Å². The van der Waals surface area contributed by atoms with Crippen molar-refractivity contribution in [2.45, 2.75) is 18.0 Å².